The third kappa shape index (κ3) is 3.29. The van der Waals surface area contributed by atoms with Gasteiger partial charge in [0, 0.05) is 23.3 Å². The molecular formula is C13H12BrN3O2. The van der Waals surface area contributed by atoms with E-state index in [2.05, 4.69) is 26.2 Å². The molecule has 0 saturated carbocycles. The van der Waals surface area contributed by atoms with Crippen molar-refractivity contribution >= 4 is 27.4 Å². The van der Waals surface area contributed by atoms with E-state index < -0.39 is 4.92 Å². The Kier molecular flexibility index (Phi) is 4.11. The Balaban J connectivity index is 2.20. The Labute approximate surface area is 119 Å². The number of aryl methyl sites for hydroxylation is 1. The summed E-state index contributed by atoms with van der Waals surface area (Å²) in [4.78, 5) is 14.6. The quantitative estimate of drug-likeness (QED) is 0.689. The van der Waals surface area contributed by atoms with E-state index >= 15 is 0 Å². The number of hydrogen-bond acceptors (Lipinski definition) is 4. The maximum atomic E-state index is 11.0. The number of hydrogen-bond donors (Lipinski definition) is 1. The Bertz CT molecular complexity index is 617. The molecule has 0 fully saturated rings. The van der Waals surface area contributed by atoms with Gasteiger partial charge in [0.2, 0.25) is 5.82 Å². The summed E-state index contributed by atoms with van der Waals surface area (Å²) in [6.07, 6.45) is 1.53. The number of nitrogens with one attached hydrogen (secondary N) is 1. The fourth-order valence-electron chi connectivity index (χ4n) is 1.69. The lowest BCUT2D eigenvalue weighted by atomic mass is 10.1. The van der Waals surface area contributed by atoms with Crippen LogP contribution in [-0.2, 0) is 6.54 Å². The molecule has 1 heterocycles. The summed E-state index contributed by atoms with van der Waals surface area (Å²) < 4.78 is 0.584. The first-order valence-corrected chi connectivity index (χ1v) is 6.45. The molecule has 0 aliphatic carbocycles. The van der Waals surface area contributed by atoms with Crippen molar-refractivity contribution in [1.82, 2.24) is 4.98 Å². The van der Waals surface area contributed by atoms with Gasteiger partial charge in [0.1, 0.15) is 0 Å². The molecular weight excluding hydrogens is 310 g/mol. The first-order valence-electron chi connectivity index (χ1n) is 5.66. The van der Waals surface area contributed by atoms with Crippen LogP contribution in [0.1, 0.15) is 11.1 Å². The van der Waals surface area contributed by atoms with Crippen LogP contribution in [0.15, 0.2) is 41.0 Å². The summed E-state index contributed by atoms with van der Waals surface area (Å²) in [5, 5.41) is 14.0. The van der Waals surface area contributed by atoms with Crippen LogP contribution in [0.5, 0.6) is 0 Å². The molecule has 5 nitrogen and oxygen atoms in total. The van der Waals surface area contributed by atoms with Gasteiger partial charge < -0.3 is 5.32 Å². The molecule has 2 rings (SSSR count). The first-order chi connectivity index (χ1) is 9.08. The van der Waals surface area contributed by atoms with Crippen molar-refractivity contribution in [2.45, 2.75) is 13.5 Å². The normalized spacial score (nSPS) is 10.2. The summed E-state index contributed by atoms with van der Waals surface area (Å²) >= 11 is 3.18. The average Bonchev–Trinajstić information content (AvgIpc) is 2.38. The number of nitro groups is 1. The van der Waals surface area contributed by atoms with E-state index in [0.29, 0.717) is 11.0 Å². The Morgan fingerprint density at radius 3 is 2.84 bits per heavy atom. The molecule has 0 bridgehead atoms. The number of pyridine rings is 1. The highest BCUT2D eigenvalue weighted by atomic mass is 79.9. The van der Waals surface area contributed by atoms with Crippen molar-refractivity contribution in [3.63, 3.8) is 0 Å². The molecule has 1 N–H and O–H groups in total. The molecule has 0 aliphatic heterocycles. The smallest absolute Gasteiger partial charge is 0.312 e. The largest absolute Gasteiger partial charge is 0.360 e. The molecule has 0 unspecified atom stereocenters. The number of halogens is 1. The van der Waals surface area contributed by atoms with Gasteiger partial charge in [-0.3, -0.25) is 10.1 Å². The zero-order chi connectivity index (χ0) is 13.8. The van der Waals surface area contributed by atoms with E-state index in [1.165, 1.54) is 12.3 Å². The minimum absolute atomic E-state index is 0.0389. The maximum absolute atomic E-state index is 11.0. The summed E-state index contributed by atoms with van der Waals surface area (Å²) in [7, 11) is 0. The maximum Gasteiger partial charge on any atom is 0.312 e. The van der Waals surface area contributed by atoms with Crippen molar-refractivity contribution in [3.8, 4) is 0 Å². The van der Waals surface area contributed by atoms with Crippen molar-refractivity contribution < 1.29 is 4.92 Å². The molecule has 2 aromatic rings. The zero-order valence-electron chi connectivity index (χ0n) is 10.3. The fourth-order valence-corrected chi connectivity index (χ4v) is 2.01. The number of aromatic nitrogens is 1. The predicted molar refractivity (Wildman–Crippen MR) is 77.1 cm³/mol. The lowest BCUT2D eigenvalue weighted by molar-refractivity contribution is -0.384. The van der Waals surface area contributed by atoms with Gasteiger partial charge in [-0.1, -0.05) is 24.3 Å². The molecule has 0 saturated heterocycles. The predicted octanol–water partition coefficient (Wildman–Crippen LogP) is 3.67. The standard InChI is InChI=1S/C13H12BrN3O2/c1-9-4-2-3-5-10(9)7-15-13-12(17(18)19)6-11(14)8-16-13/h2-6,8H,7H2,1H3,(H,15,16). The highest BCUT2D eigenvalue weighted by Gasteiger charge is 2.15. The van der Waals surface area contributed by atoms with Gasteiger partial charge in [0.15, 0.2) is 0 Å². The molecule has 0 aliphatic rings. The summed E-state index contributed by atoms with van der Waals surface area (Å²) in [6, 6.07) is 9.31. The van der Waals surface area contributed by atoms with Crippen LogP contribution in [0.3, 0.4) is 0 Å². The van der Waals surface area contributed by atoms with Gasteiger partial charge in [0.05, 0.1) is 4.92 Å². The van der Waals surface area contributed by atoms with Gasteiger partial charge in [-0.2, -0.15) is 0 Å². The van der Waals surface area contributed by atoms with Crippen molar-refractivity contribution in [2.75, 3.05) is 5.32 Å². The second kappa shape index (κ2) is 5.79. The molecule has 0 atom stereocenters. The van der Waals surface area contributed by atoms with Crippen LogP contribution in [0, 0.1) is 17.0 Å². The van der Waals surface area contributed by atoms with E-state index in [9.17, 15) is 10.1 Å². The summed E-state index contributed by atoms with van der Waals surface area (Å²) in [5.41, 5.74) is 2.18. The lowest BCUT2D eigenvalue weighted by Crippen LogP contribution is -2.05. The van der Waals surface area contributed by atoms with Crippen LogP contribution < -0.4 is 5.32 Å². The monoisotopic (exact) mass is 321 g/mol. The summed E-state index contributed by atoms with van der Waals surface area (Å²) in [5.74, 6) is 0.274. The Hall–Kier alpha value is -1.95. The highest BCUT2D eigenvalue weighted by Crippen LogP contribution is 2.25. The van der Waals surface area contributed by atoms with Crippen molar-refractivity contribution in [2.24, 2.45) is 0 Å². The van der Waals surface area contributed by atoms with Crippen LogP contribution in [-0.4, -0.2) is 9.91 Å². The van der Waals surface area contributed by atoms with Gasteiger partial charge in [-0.25, -0.2) is 4.98 Å². The number of anilines is 1. The fraction of sp³-hybridized carbons (Fsp3) is 0.154. The second-order valence-electron chi connectivity index (χ2n) is 4.06. The highest BCUT2D eigenvalue weighted by molar-refractivity contribution is 9.10. The van der Waals surface area contributed by atoms with Crippen LogP contribution in [0.4, 0.5) is 11.5 Å². The third-order valence-electron chi connectivity index (χ3n) is 2.74. The van der Waals surface area contributed by atoms with E-state index in [4.69, 9.17) is 0 Å². The number of benzene rings is 1. The SMILES string of the molecule is Cc1ccccc1CNc1ncc(Br)cc1[N+](=O)[O-]. The minimum Gasteiger partial charge on any atom is -0.360 e. The van der Waals surface area contributed by atoms with Crippen molar-refractivity contribution in [3.05, 3.63) is 62.2 Å². The molecule has 1 aromatic carbocycles. The lowest BCUT2D eigenvalue weighted by Gasteiger charge is -2.08. The van der Waals surface area contributed by atoms with Crippen LogP contribution in [0.25, 0.3) is 0 Å². The molecule has 19 heavy (non-hydrogen) atoms. The van der Waals surface area contributed by atoms with Gasteiger partial charge in [-0.05, 0) is 34.0 Å². The number of nitrogens with zero attached hydrogens (tertiary/aromatic N) is 2. The number of rotatable bonds is 4. The van der Waals surface area contributed by atoms with E-state index in [1.54, 1.807) is 0 Å². The molecule has 0 radical (unpaired) electrons. The Morgan fingerprint density at radius 1 is 1.42 bits per heavy atom. The van der Waals surface area contributed by atoms with E-state index in [-0.39, 0.29) is 11.5 Å². The molecule has 0 amide bonds. The first kappa shape index (κ1) is 13.5. The molecule has 6 heteroatoms. The van der Waals surface area contributed by atoms with Crippen LogP contribution in [0.2, 0.25) is 0 Å². The van der Waals surface area contributed by atoms with Crippen molar-refractivity contribution in [1.29, 1.82) is 0 Å². The molecule has 98 valence electrons. The van der Waals surface area contributed by atoms with Gasteiger partial charge >= 0.3 is 5.69 Å². The molecule has 1 aromatic heterocycles. The topological polar surface area (TPSA) is 68.1 Å². The molecule has 0 spiro atoms. The summed E-state index contributed by atoms with van der Waals surface area (Å²) in [6.45, 7) is 2.50. The Morgan fingerprint density at radius 2 is 2.16 bits per heavy atom. The van der Waals surface area contributed by atoms with E-state index in [0.717, 1.165) is 11.1 Å². The third-order valence-corrected chi connectivity index (χ3v) is 3.17. The van der Waals surface area contributed by atoms with Gasteiger partial charge in [0.25, 0.3) is 0 Å². The van der Waals surface area contributed by atoms with Crippen LogP contribution >= 0.6 is 15.9 Å². The van der Waals surface area contributed by atoms with E-state index in [1.807, 2.05) is 31.2 Å². The second-order valence-corrected chi connectivity index (χ2v) is 4.97. The average molecular weight is 322 g/mol. The van der Waals surface area contributed by atoms with Gasteiger partial charge in [-0.15, -0.1) is 0 Å². The minimum atomic E-state index is -0.446. The zero-order valence-corrected chi connectivity index (χ0v) is 11.8.